The molecule has 0 fully saturated rings. The van der Waals surface area contributed by atoms with Crippen molar-refractivity contribution < 1.29 is 18.7 Å². The van der Waals surface area contributed by atoms with Gasteiger partial charge >= 0.3 is 5.97 Å². The Balaban J connectivity index is 1.97. The molecule has 0 aromatic heterocycles. The van der Waals surface area contributed by atoms with Gasteiger partial charge < -0.3 is 9.47 Å². The SMILES string of the molecule is C=CC(=O)OCOc1ccc(-c2ccc(F)cc2)cc1. The lowest BCUT2D eigenvalue weighted by molar-refractivity contribution is -0.144. The molecular formula is C16H13FO3. The third-order valence-electron chi connectivity index (χ3n) is 2.63. The Kier molecular flexibility index (Phi) is 4.50. The largest absolute Gasteiger partial charge is 0.457 e. The third kappa shape index (κ3) is 3.68. The number of halogens is 1. The molecule has 2 rings (SSSR count). The predicted octanol–water partition coefficient (Wildman–Crippen LogP) is 3.56. The number of benzene rings is 2. The van der Waals surface area contributed by atoms with E-state index in [1.54, 1.807) is 24.3 Å². The molecule has 0 saturated heterocycles. The summed E-state index contributed by atoms with van der Waals surface area (Å²) in [6, 6.07) is 13.4. The van der Waals surface area contributed by atoms with E-state index in [-0.39, 0.29) is 12.6 Å². The molecule has 0 amide bonds. The summed E-state index contributed by atoms with van der Waals surface area (Å²) >= 11 is 0. The van der Waals surface area contributed by atoms with Gasteiger partial charge in [-0.25, -0.2) is 9.18 Å². The van der Waals surface area contributed by atoms with Gasteiger partial charge in [0.2, 0.25) is 6.79 Å². The zero-order valence-corrected chi connectivity index (χ0v) is 10.7. The smallest absolute Gasteiger partial charge is 0.333 e. The molecule has 0 saturated carbocycles. The second-order valence-corrected chi connectivity index (χ2v) is 3.96. The van der Waals surface area contributed by atoms with Gasteiger partial charge in [-0.05, 0) is 35.4 Å². The highest BCUT2D eigenvalue weighted by molar-refractivity contribution is 5.81. The summed E-state index contributed by atoms with van der Waals surface area (Å²) in [4.78, 5) is 10.8. The number of carbonyl (C=O) groups excluding carboxylic acids is 1. The van der Waals surface area contributed by atoms with Crippen molar-refractivity contribution in [1.82, 2.24) is 0 Å². The van der Waals surface area contributed by atoms with Crippen molar-refractivity contribution in [2.24, 2.45) is 0 Å². The van der Waals surface area contributed by atoms with Gasteiger partial charge in [-0.1, -0.05) is 30.8 Å². The molecule has 0 spiro atoms. The third-order valence-corrected chi connectivity index (χ3v) is 2.63. The summed E-state index contributed by atoms with van der Waals surface area (Å²) in [5, 5.41) is 0. The molecule has 0 aliphatic rings. The van der Waals surface area contributed by atoms with Gasteiger partial charge in [-0.15, -0.1) is 0 Å². The van der Waals surface area contributed by atoms with Gasteiger partial charge in [-0.3, -0.25) is 0 Å². The number of hydrogen-bond donors (Lipinski definition) is 0. The first-order chi connectivity index (χ1) is 9.69. The summed E-state index contributed by atoms with van der Waals surface area (Å²) in [6.45, 7) is 3.11. The highest BCUT2D eigenvalue weighted by atomic mass is 19.1. The maximum atomic E-state index is 12.8. The molecule has 0 atom stereocenters. The fourth-order valence-corrected chi connectivity index (χ4v) is 1.60. The lowest BCUT2D eigenvalue weighted by atomic mass is 10.1. The van der Waals surface area contributed by atoms with E-state index < -0.39 is 5.97 Å². The monoisotopic (exact) mass is 272 g/mol. The fourth-order valence-electron chi connectivity index (χ4n) is 1.60. The number of carbonyl (C=O) groups is 1. The van der Waals surface area contributed by atoms with Crippen molar-refractivity contribution in [2.45, 2.75) is 0 Å². The molecule has 0 heterocycles. The van der Waals surface area contributed by atoms with E-state index in [4.69, 9.17) is 9.47 Å². The average molecular weight is 272 g/mol. The van der Waals surface area contributed by atoms with Crippen LogP contribution in [0.5, 0.6) is 5.75 Å². The Morgan fingerprint density at radius 3 is 2.15 bits per heavy atom. The van der Waals surface area contributed by atoms with E-state index >= 15 is 0 Å². The van der Waals surface area contributed by atoms with Gasteiger partial charge in [0.15, 0.2) is 0 Å². The molecule has 0 aliphatic carbocycles. The molecule has 3 nitrogen and oxygen atoms in total. The van der Waals surface area contributed by atoms with Gasteiger partial charge in [-0.2, -0.15) is 0 Å². The molecule has 0 unspecified atom stereocenters. The summed E-state index contributed by atoms with van der Waals surface area (Å²) in [7, 11) is 0. The summed E-state index contributed by atoms with van der Waals surface area (Å²) in [6.07, 6.45) is 1.07. The maximum absolute atomic E-state index is 12.8. The van der Waals surface area contributed by atoms with E-state index in [1.807, 2.05) is 12.1 Å². The lowest BCUT2D eigenvalue weighted by Crippen LogP contribution is -2.07. The molecule has 102 valence electrons. The van der Waals surface area contributed by atoms with Crippen LogP contribution in [-0.2, 0) is 9.53 Å². The minimum Gasteiger partial charge on any atom is -0.457 e. The standard InChI is InChI=1S/C16H13FO3/c1-2-16(18)20-11-19-15-9-5-13(6-10-15)12-3-7-14(17)8-4-12/h2-10H,1,11H2. The minimum absolute atomic E-state index is 0.166. The quantitative estimate of drug-likeness (QED) is 0.474. The van der Waals surface area contributed by atoms with Crippen LogP contribution in [0.15, 0.2) is 61.2 Å². The van der Waals surface area contributed by atoms with Crippen LogP contribution in [-0.4, -0.2) is 12.8 Å². The highest BCUT2D eigenvalue weighted by Gasteiger charge is 2.00. The van der Waals surface area contributed by atoms with E-state index in [0.717, 1.165) is 17.2 Å². The predicted molar refractivity (Wildman–Crippen MR) is 73.6 cm³/mol. The molecule has 2 aromatic carbocycles. The Labute approximate surface area is 116 Å². The van der Waals surface area contributed by atoms with Crippen LogP contribution in [0, 0.1) is 5.82 Å². The first kappa shape index (κ1) is 13.8. The molecule has 20 heavy (non-hydrogen) atoms. The average Bonchev–Trinajstić information content (AvgIpc) is 2.48. The van der Waals surface area contributed by atoms with Crippen LogP contribution in [0.2, 0.25) is 0 Å². The highest BCUT2D eigenvalue weighted by Crippen LogP contribution is 2.22. The van der Waals surface area contributed by atoms with Crippen LogP contribution >= 0.6 is 0 Å². The van der Waals surface area contributed by atoms with E-state index in [9.17, 15) is 9.18 Å². The van der Waals surface area contributed by atoms with Gasteiger partial charge in [0.05, 0.1) is 0 Å². The van der Waals surface area contributed by atoms with Crippen LogP contribution < -0.4 is 4.74 Å². The molecule has 0 bridgehead atoms. The number of esters is 1. The Bertz CT molecular complexity index is 588. The van der Waals surface area contributed by atoms with Crippen molar-refractivity contribution in [3.63, 3.8) is 0 Å². The summed E-state index contributed by atoms with van der Waals surface area (Å²) in [5.74, 6) is -0.224. The Morgan fingerprint density at radius 1 is 1.05 bits per heavy atom. The first-order valence-corrected chi connectivity index (χ1v) is 5.97. The van der Waals surface area contributed by atoms with Crippen LogP contribution in [0.3, 0.4) is 0 Å². The van der Waals surface area contributed by atoms with E-state index in [0.29, 0.717) is 5.75 Å². The normalized spacial score (nSPS) is 9.85. The van der Waals surface area contributed by atoms with Gasteiger partial charge in [0, 0.05) is 6.08 Å². The summed E-state index contributed by atoms with van der Waals surface area (Å²) < 4.78 is 22.8. The van der Waals surface area contributed by atoms with Crippen molar-refractivity contribution in [3.05, 3.63) is 67.0 Å². The Morgan fingerprint density at radius 2 is 1.60 bits per heavy atom. The van der Waals surface area contributed by atoms with Crippen LogP contribution in [0.25, 0.3) is 11.1 Å². The number of ether oxygens (including phenoxy) is 2. The van der Waals surface area contributed by atoms with Crippen molar-refractivity contribution in [2.75, 3.05) is 6.79 Å². The van der Waals surface area contributed by atoms with Crippen molar-refractivity contribution in [1.29, 1.82) is 0 Å². The van der Waals surface area contributed by atoms with Crippen molar-refractivity contribution >= 4 is 5.97 Å². The number of rotatable bonds is 5. The van der Waals surface area contributed by atoms with Crippen molar-refractivity contribution in [3.8, 4) is 16.9 Å². The molecule has 2 aromatic rings. The zero-order chi connectivity index (χ0) is 14.4. The topological polar surface area (TPSA) is 35.5 Å². The van der Waals surface area contributed by atoms with Crippen LogP contribution in [0.4, 0.5) is 4.39 Å². The second kappa shape index (κ2) is 6.52. The number of hydrogen-bond acceptors (Lipinski definition) is 3. The van der Waals surface area contributed by atoms with Gasteiger partial charge in [0.1, 0.15) is 11.6 Å². The molecule has 0 aliphatic heterocycles. The molecule has 0 radical (unpaired) electrons. The van der Waals surface area contributed by atoms with E-state index in [2.05, 4.69) is 6.58 Å². The maximum Gasteiger partial charge on any atom is 0.333 e. The first-order valence-electron chi connectivity index (χ1n) is 5.97. The molecular weight excluding hydrogens is 259 g/mol. The molecule has 4 heteroatoms. The molecule has 0 N–H and O–H groups in total. The van der Waals surface area contributed by atoms with Crippen LogP contribution in [0.1, 0.15) is 0 Å². The zero-order valence-electron chi connectivity index (χ0n) is 10.7. The lowest BCUT2D eigenvalue weighted by Gasteiger charge is -2.07. The second-order valence-electron chi connectivity index (χ2n) is 3.96. The fraction of sp³-hybridized carbons (Fsp3) is 0.0625. The van der Waals surface area contributed by atoms with Gasteiger partial charge in [0.25, 0.3) is 0 Å². The summed E-state index contributed by atoms with van der Waals surface area (Å²) in [5.41, 5.74) is 1.86. The Hall–Kier alpha value is -2.62. The van der Waals surface area contributed by atoms with E-state index in [1.165, 1.54) is 12.1 Å². The minimum atomic E-state index is -0.534.